The smallest absolute Gasteiger partial charge is 0.318 e. The van der Waals surface area contributed by atoms with Crippen molar-refractivity contribution >= 4 is 11.9 Å². The molecule has 8 atom stereocenters. The van der Waals surface area contributed by atoms with Crippen LogP contribution in [0.15, 0.2) is 24.8 Å². The van der Waals surface area contributed by atoms with E-state index in [1.807, 2.05) is 0 Å². The van der Waals surface area contributed by atoms with E-state index in [0.717, 1.165) is 25.7 Å². The standard InChI is InChI=1S/C23H30O6/c1-4-9-28-12-22-16(24)7-8-23(29-20(22)26)15-6-5-14-11-21(15,10-13(14)2)17(18(22)23)19(25)27-3/h4,14-18,24H,1-2,5-12H2,3H3/t14-,15-,16+,17-,18-,21+,22-,23-/m1/s1. The zero-order valence-electron chi connectivity index (χ0n) is 17.0. The molecule has 0 aromatic heterocycles. The highest BCUT2D eigenvalue weighted by atomic mass is 16.6. The second-order valence-corrected chi connectivity index (χ2v) is 9.82. The predicted molar refractivity (Wildman–Crippen MR) is 104 cm³/mol. The van der Waals surface area contributed by atoms with Crippen LogP contribution in [0.3, 0.4) is 0 Å². The van der Waals surface area contributed by atoms with Crippen LogP contribution in [0, 0.1) is 34.5 Å². The van der Waals surface area contributed by atoms with Crippen molar-refractivity contribution < 1.29 is 28.9 Å². The summed E-state index contributed by atoms with van der Waals surface area (Å²) in [5, 5.41) is 11.1. The van der Waals surface area contributed by atoms with Gasteiger partial charge in [0.05, 0.1) is 32.3 Å². The van der Waals surface area contributed by atoms with Gasteiger partial charge in [-0.1, -0.05) is 18.2 Å². The molecule has 1 spiro atoms. The Hall–Kier alpha value is -1.66. The fraction of sp³-hybridized carbons (Fsp3) is 0.739. The van der Waals surface area contributed by atoms with Gasteiger partial charge in [0.1, 0.15) is 11.0 Å². The van der Waals surface area contributed by atoms with Crippen LogP contribution in [0.5, 0.6) is 0 Å². The fourth-order valence-corrected chi connectivity index (χ4v) is 8.14. The van der Waals surface area contributed by atoms with Gasteiger partial charge in [-0.2, -0.15) is 0 Å². The third kappa shape index (κ3) is 2.09. The number of aliphatic hydroxyl groups is 1. The quantitative estimate of drug-likeness (QED) is 0.432. The normalized spacial score (nSPS) is 49.4. The molecule has 29 heavy (non-hydrogen) atoms. The SMILES string of the molecule is C=CCOC[C@@]12C(=O)O[C@]3(CC[C@@H]1O)[C@@H]1CC[C@@H]4C[C@]1(CC4=C)[C@@H](C(=O)OC)[C@@H]32. The first kappa shape index (κ1) is 19.3. The molecule has 0 amide bonds. The molecule has 6 nitrogen and oxygen atoms in total. The Labute approximate surface area is 171 Å². The monoisotopic (exact) mass is 402 g/mol. The largest absolute Gasteiger partial charge is 0.469 e. The molecular formula is C23H30O6. The number of esters is 2. The van der Waals surface area contributed by atoms with E-state index in [1.54, 1.807) is 6.08 Å². The van der Waals surface area contributed by atoms with Gasteiger partial charge in [-0.15, -0.1) is 6.58 Å². The molecule has 158 valence electrons. The molecule has 6 heteroatoms. The number of fused-ring (bicyclic) bond motifs is 1. The van der Waals surface area contributed by atoms with E-state index in [9.17, 15) is 14.7 Å². The number of hydrogen-bond acceptors (Lipinski definition) is 6. The van der Waals surface area contributed by atoms with Crippen LogP contribution >= 0.6 is 0 Å². The van der Waals surface area contributed by atoms with Crippen LogP contribution in [-0.2, 0) is 23.8 Å². The Morgan fingerprint density at radius 2 is 2.17 bits per heavy atom. The maximum absolute atomic E-state index is 13.3. The lowest BCUT2D eigenvalue weighted by Gasteiger charge is -2.45. The summed E-state index contributed by atoms with van der Waals surface area (Å²) >= 11 is 0. The number of hydrogen-bond donors (Lipinski definition) is 1. The number of allylic oxidation sites excluding steroid dienone is 1. The molecule has 0 aromatic carbocycles. The average Bonchev–Trinajstić information content (AvgIpc) is 3.17. The van der Waals surface area contributed by atoms with Crippen molar-refractivity contribution in [3.63, 3.8) is 0 Å². The summed E-state index contributed by atoms with van der Waals surface area (Å²) in [5.74, 6) is -1.12. The van der Waals surface area contributed by atoms with Crippen molar-refractivity contribution in [2.75, 3.05) is 20.3 Å². The Morgan fingerprint density at radius 1 is 1.38 bits per heavy atom. The van der Waals surface area contributed by atoms with Crippen LogP contribution in [0.1, 0.15) is 38.5 Å². The highest BCUT2D eigenvalue weighted by Gasteiger charge is 2.84. The molecule has 4 bridgehead atoms. The summed E-state index contributed by atoms with van der Waals surface area (Å²) in [7, 11) is 1.41. The van der Waals surface area contributed by atoms with Crippen molar-refractivity contribution in [2.24, 2.45) is 34.5 Å². The molecule has 0 unspecified atom stereocenters. The lowest BCUT2D eigenvalue weighted by Crippen LogP contribution is -2.57. The van der Waals surface area contributed by atoms with E-state index in [0.29, 0.717) is 18.8 Å². The van der Waals surface area contributed by atoms with Gasteiger partial charge in [0, 0.05) is 11.8 Å². The van der Waals surface area contributed by atoms with Crippen molar-refractivity contribution in [1.29, 1.82) is 0 Å². The first-order chi connectivity index (χ1) is 13.9. The molecule has 5 rings (SSSR count). The topological polar surface area (TPSA) is 82.1 Å². The number of aliphatic hydroxyl groups excluding tert-OH is 1. The second-order valence-electron chi connectivity index (χ2n) is 9.82. The zero-order valence-corrected chi connectivity index (χ0v) is 17.0. The molecule has 0 aromatic rings. The summed E-state index contributed by atoms with van der Waals surface area (Å²) in [6, 6.07) is 0. The summed E-state index contributed by atoms with van der Waals surface area (Å²) in [6.07, 6.45) is 5.40. The van der Waals surface area contributed by atoms with Gasteiger partial charge in [-0.05, 0) is 49.9 Å². The van der Waals surface area contributed by atoms with E-state index in [2.05, 4.69) is 13.2 Å². The van der Waals surface area contributed by atoms with Crippen molar-refractivity contribution in [2.45, 2.75) is 50.2 Å². The highest BCUT2D eigenvalue weighted by molar-refractivity contribution is 5.86. The van der Waals surface area contributed by atoms with Gasteiger partial charge in [-0.25, -0.2) is 0 Å². The van der Waals surface area contributed by atoms with Crippen molar-refractivity contribution in [1.82, 2.24) is 0 Å². The summed E-state index contributed by atoms with van der Waals surface area (Å²) in [6.45, 7) is 8.29. The van der Waals surface area contributed by atoms with Crippen LogP contribution in [0.4, 0.5) is 0 Å². The number of carbonyl (C=O) groups is 2. The van der Waals surface area contributed by atoms with Crippen molar-refractivity contribution in [3.05, 3.63) is 24.8 Å². The zero-order chi connectivity index (χ0) is 20.6. The molecule has 1 aliphatic heterocycles. The first-order valence-corrected chi connectivity index (χ1v) is 10.7. The molecule has 5 aliphatic rings. The van der Waals surface area contributed by atoms with E-state index in [1.165, 1.54) is 12.7 Å². The Bertz CT molecular complexity index is 790. The van der Waals surface area contributed by atoms with Gasteiger partial charge in [0.2, 0.25) is 0 Å². The van der Waals surface area contributed by atoms with E-state index in [4.69, 9.17) is 14.2 Å². The minimum absolute atomic E-state index is 0.0338. The predicted octanol–water partition coefficient (Wildman–Crippen LogP) is 2.41. The van der Waals surface area contributed by atoms with E-state index >= 15 is 0 Å². The Balaban J connectivity index is 1.69. The van der Waals surface area contributed by atoms with Crippen LogP contribution in [-0.4, -0.2) is 49.1 Å². The molecule has 5 fully saturated rings. The van der Waals surface area contributed by atoms with Gasteiger partial charge in [-0.3, -0.25) is 9.59 Å². The highest BCUT2D eigenvalue weighted by Crippen LogP contribution is 2.78. The second kappa shape index (κ2) is 6.17. The number of rotatable bonds is 5. The lowest BCUT2D eigenvalue weighted by atomic mass is 9.58. The van der Waals surface area contributed by atoms with Gasteiger partial charge in [0.25, 0.3) is 0 Å². The Morgan fingerprint density at radius 3 is 2.90 bits per heavy atom. The maximum Gasteiger partial charge on any atom is 0.318 e. The number of methoxy groups -OCH3 is 1. The van der Waals surface area contributed by atoms with Crippen molar-refractivity contribution in [3.8, 4) is 0 Å². The van der Waals surface area contributed by atoms with E-state index < -0.39 is 34.9 Å². The van der Waals surface area contributed by atoms with Crippen LogP contribution < -0.4 is 0 Å². The molecule has 4 aliphatic carbocycles. The minimum atomic E-state index is -1.23. The minimum Gasteiger partial charge on any atom is -0.469 e. The number of carbonyl (C=O) groups excluding carboxylic acids is 2. The Kier molecular flexibility index (Phi) is 4.11. The third-order valence-corrected chi connectivity index (χ3v) is 8.98. The molecule has 1 N–H and O–H groups in total. The first-order valence-electron chi connectivity index (χ1n) is 10.7. The molecule has 0 radical (unpaired) electrons. The third-order valence-electron chi connectivity index (χ3n) is 8.98. The fourth-order valence-electron chi connectivity index (χ4n) is 8.14. The number of ether oxygens (including phenoxy) is 3. The summed E-state index contributed by atoms with van der Waals surface area (Å²) < 4.78 is 17.3. The molecule has 1 heterocycles. The lowest BCUT2D eigenvalue weighted by molar-refractivity contribution is -0.168. The van der Waals surface area contributed by atoms with Gasteiger partial charge >= 0.3 is 11.9 Å². The molecule has 4 saturated carbocycles. The maximum atomic E-state index is 13.3. The summed E-state index contributed by atoms with van der Waals surface area (Å²) in [5.41, 5.74) is -1.05. The van der Waals surface area contributed by atoms with Crippen LogP contribution in [0.25, 0.3) is 0 Å². The van der Waals surface area contributed by atoms with Gasteiger partial charge < -0.3 is 19.3 Å². The summed E-state index contributed by atoms with van der Waals surface area (Å²) in [4.78, 5) is 26.6. The molecular weight excluding hydrogens is 372 g/mol. The van der Waals surface area contributed by atoms with Crippen LogP contribution in [0.2, 0.25) is 0 Å². The van der Waals surface area contributed by atoms with Gasteiger partial charge in [0.15, 0.2) is 0 Å². The molecule has 1 saturated heterocycles. The average molecular weight is 402 g/mol. The van der Waals surface area contributed by atoms with E-state index in [-0.39, 0.29) is 30.5 Å².